The molecule has 0 spiro atoms. The molecule has 0 saturated heterocycles. The molecule has 18 heavy (non-hydrogen) atoms. The van der Waals surface area contributed by atoms with Crippen LogP contribution in [0.3, 0.4) is 0 Å². The van der Waals surface area contributed by atoms with Gasteiger partial charge >= 0.3 is 11.7 Å². The molecule has 0 aliphatic rings. The van der Waals surface area contributed by atoms with Crippen LogP contribution in [0, 0.1) is 5.92 Å². The summed E-state index contributed by atoms with van der Waals surface area (Å²) in [7, 11) is 0. The molecule has 1 heterocycles. The summed E-state index contributed by atoms with van der Waals surface area (Å²) >= 11 is 0. The number of nitrogens with zero attached hydrogens (tertiary/aromatic N) is 1. The number of hydrogen-bond donors (Lipinski definition) is 3. The fraction of sp³-hybridized carbons (Fsp3) is 0.400. The van der Waals surface area contributed by atoms with Crippen molar-refractivity contribution in [2.24, 2.45) is 5.92 Å². The highest BCUT2D eigenvalue weighted by molar-refractivity contribution is 5.77. The van der Waals surface area contributed by atoms with Gasteiger partial charge in [-0.3, -0.25) is 23.9 Å². The minimum atomic E-state index is -1.02. The summed E-state index contributed by atoms with van der Waals surface area (Å²) in [5.41, 5.74) is -1.24. The number of rotatable bonds is 5. The lowest BCUT2D eigenvalue weighted by atomic mass is 10.2. The van der Waals surface area contributed by atoms with Gasteiger partial charge in [0.25, 0.3) is 5.56 Å². The lowest BCUT2D eigenvalue weighted by Gasteiger charge is -2.09. The van der Waals surface area contributed by atoms with Crippen LogP contribution in [-0.2, 0) is 16.1 Å². The van der Waals surface area contributed by atoms with E-state index in [1.54, 1.807) is 0 Å². The summed E-state index contributed by atoms with van der Waals surface area (Å²) in [4.78, 5) is 46.0. The van der Waals surface area contributed by atoms with E-state index in [1.165, 1.54) is 13.1 Å². The predicted octanol–water partition coefficient (Wildman–Crippen LogP) is -1.63. The quantitative estimate of drug-likeness (QED) is 0.583. The first-order chi connectivity index (χ1) is 8.40. The second-order valence-electron chi connectivity index (χ2n) is 3.78. The Morgan fingerprint density at radius 3 is 2.72 bits per heavy atom. The van der Waals surface area contributed by atoms with E-state index < -0.39 is 29.0 Å². The first-order valence-electron chi connectivity index (χ1n) is 5.19. The van der Waals surface area contributed by atoms with Crippen LogP contribution in [0.1, 0.15) is 6.92 Å². The van der Waals surface area contributed by atoms with E-state index in [9.17, 15) is 19.2 Å². The monoisotopic (exact) mass is 255 g/mol. The number of amides is 1. The van der Waals surface area contributed by atoms with Gasteiger partial charge in [-0.05, 0) is 0 Å². The third-order valence-electron chi connectivity index (χ3n) is 2.24. The maximum Gasteiger partial charge on any atom is 0.328 e. The van der Waals surface area contributed by atoms with Crippen molar-refractivity contribution in [3.8, 4) is 0 Å². The van der Waals surface area contributed by atoms with Gasteiger partial charge in [0.05, 0.1) is 5.92 Å². The second kappa shape index (κ2) is 5.80. The molecule has 0 fully saturated rings. The number of H-pyrrole nitrogens is 1. The van der Waals surface area contributed by atoms with Gasteiger partial charge in [-0.15, -0.1) is 0 Å². The van der Waals surface area contributed by atoms with Crippen LogP contribution in [0.4, 0.5) is 0 Å². The van der Waals surface area contributed by atoms with Gasteiger partial charge < -0.3 is 10.4 Å². The fourth-order valence-electron chi connectivity index (χ4n) is 1.13. The molecule has 0 aliphatic heterocycles. The molecule has 0 saturated carbocycles. The Labute approximate surface area is 101 Å². The number of carbonyl (C=O) groups is 2. The van der Waals surface area contributed by atoms with Crippen molar-refractivity contribution < 1.29 is 14.7 Å². The van der Waals surface area contributed by atoms with Crippen molar-refractivity contribution in [1.82, 2.24) is 14.9 Å². The molecule has 98 valence electrons. The third-order valence-corrected chi connectivity index (χ3v) is 2.24. The Morgan fingerprint density at radius 2 is 2.17 bits per heavy atom. The van der Waals surface area contributed by atoms with Crippen molar-refractivity contribution >= 4 is 11.9 Å². The smallest absolute Gasteiger partial charge is 0.328 e. The highest BCUT2D eigenvalue weighted by atomic mass is 16.4. The summed E-state index contributed by atoms with van der Waals surface area (Å²) in [6.07, 6.45) is 1.20. The van der Waals surface area contributed by atoms with Gasteiger partial charge in [-0.1, -0.05) is 6.92 Å². The lowest BCUT2D eigenvalue weighted by Crippen LogP contribution is -2.37. The van der Waals surface area contributed by atoms with Gasteiger partial charge in [-0.25, -0.2) is 4.79 Å². The molecule has 0 aliphatic carbocycles. The molecule has 0 aromatic carbocycles. The molecule has 1 aromatic rings. The average Bonchev–Trinajstić information content (AvgIpc) is 2.29. The Kier molecular flexibility index (Phi) is 4.41. The van der Waals surface area contributed by atoms with Gasteiger partial charge in [0.15, 0.2) is 0 Å². The Hall–Kier alpha value is -2.38. The molecular formula is C10H13N3O5. The maximum absolute atomic E-state index is 11.4. The van der Waals surface area contributed by atoms with Crippen LogP contribution in [0.25, 0.3) is 0 Å². The van der Waals surface area contributed by atoms with Gasteiger partial charge in [-0.2, -0.15) is 0 Å². The zero-order valence-electron chi connectivity index (χ0n) is 9.67. The number of nitrogens with one attached hydrogen (secondary N) is 2. The Balaban J connectivity index is 2.57. The van der Waals surface area contributed by atoms with Gasteiger partial charge in [0.1, 0.15) is 6.54 Å². The van der Waals surface area contributed by atoms with E-state index in [0.29, 0.717) is 0 Å². The molecule has 1 amide bonds. The molecular weight excluding hydrogens is 242 g/mol. The number of aromatic amines is 1. The number of hydrogen-bond acceptors (Lipinski definition) is 4. The van der Waals surface area contributed by atoms with Crippen LogP contribution >= 0.6 is 0 Å². The van der Waals surface area contributed by atoms with E-state index in [1.807, 2.05) is 4.98 Å². The first kappa shape index (κ1) is 13.7. The van der Waals surface area contributed by atoms with E-state index >= 15 is 0 Å². The summed E-state index contributed by atoms with van der Waals surface area (Å²) in [5, 5.41) is 11.0. The molecule has 1 rings (SSSR count). The van der Waals surface area contributed by atoms with Crippen molar-refractivity contribution in [3.05, 3.63) is 33.1 Å². The minimum absolute atomic E-state index is 0.0216. The molecule has 1 unspecified atom stereocenters. The predicted molar refractivity (Wildman–Crippen MR) is 61.1 cm³/mol. The molecule has 3 N–H and O–H groups in total. The molecule has 0 radical (unpaired) electrons. The van der Waals surface area contributed by atoms with E-state index in [-0.39, 0.29) is 13.1 Å². The average molecular weight is 255 g/mol. The fourth-order valence-corrected chi connectivity index (χ4v) is 1.13. The van der Waals surface area contributed by atoms with Crippen molar-refractivity contribution in [2.45, 2.75) is 13.5 Å². The van der Waals surface area contributed by atoms with Crippen LogP contribution in [-0.4, -0.2) is 33.1 Å². The zero-order chi connectivity index (χ0) is 13.7. The van der Waals surface area contributed by atoms with E-state index in [4.69, 9.17) is 5.11 Å². The van der Waals surface area contributed by atoms with Crippen molar-refractivity contribution in [1.29, 1.82) is 0 Å². The zero-order valence-corrected chi connectivity index (χ0v) is 9.67. The topological polar surface area (TPSA) is 121 Å². The summed E-state index contributed by atoms with van der Waals surface area (Å²) in [5.74, 6) is -2.23. The standard InChI is InChI=1S/C10H13N3O5/c1-6(9(16)17)4-11-8(15)5-13-3-2-7(14)12-10(13)18/h2-3,6H,4-5H2,1H3,(H,11,15)(H,16,17)(H,12,14,18). The lowest BCUT2D eigenvalue weighted by molar-refractivity contribution is -0.141. The van der Waals surface area contributed by atoms with Crippen molar-refractivity contribution in [3.63, 3.8) is 0 Å². The molecule has 8 heteroatoms. The van der Waals surface area contributed by atoms with Gasteiger partial charge in [0, 0.05) is 18.8 Å². The van der Waals surface area contributed by atoms with Gasteiger partial charge in [0.2, 0.25) is 5.91 Å². The highest BCUT2D eigenvalue weighted by Crippen LogP contribution is 1.91. The van der Waals surface area contributed by atoms with Crippen LogP contribution in [0.5, 0.6) is 0 Å². The molecule has 1 aromatic heterocycles. The summed E-state index contributed by atoms with van der Waals surface area (Å²) < 4.78 is 1.02. The number of aliphatic carboxylic acids is 1. The Bertz CT molecular complexity index is 559. The Morgan fingerprint density at radius 1 is 1.50 bits per heavy atom. The minimum Gasteiger partial charge on any atom is -0.481 e. The normalized spacial score (nSPS) is 11.8. The largest absolute Gasteiger partial charge is 0.481 e. The first-order valence-corrected chi connectivity index (χ1v) is 5.19. The van der Waals surface area contributed by atoms with Crippen LogP contribution in [0.2, 0.25) is 0 Å². The summed E-state index contributed by atoms with van der Waals surface area (Å²) in [6, 6.07) is 1.12. The van der Waals surface area contributed by atoms with Crippen molar-refractivity contribution in [2.75, 3.05) is 6.54 Å². The summed E-state index contributed by atoms with van der Waals surface area (Å²) in [6.45, 7) is 1.16. The van der Waals surface area contributed by atoms with Crippen LogP contribution in [0.15, 0.2) is 21.9 Å². The molecule has 1 atom stereocenters. The maximum atomic E-state index is 11.4. The number of carboxylic acids is 1. The third kappa shape index (κ3) is 3.89. The van der Waals surface area contributed by atoms with Crippen LogP contribution < -0.4 is 16.6 Å². The SMILES string of the molecule is CC(CNC(=O)Cn1ccc(=O)[nH]c1=O)C(=O)O. The number of carboxylic acid groups (broad SMARTS) is 1. The second-order valence-corrected chi connectivity index (χ2v) is 3.78. The van der Waals surface area contributed by atoms with E-state index in [2.05, 4.69) is 5.32 Å². The van der Waals surface area contributed by atoms with E-state index in [0.717, 1.165) is 10.6 Å². The highest BCUT2D eigenvalue weighted by Gasteiger charge is 2.12. The molecule has 0 bridgehead atoms. The molecule has 8 nitrogen and oxygen atoms in total. The number of carbonyl (C=O) groups excluding carboxylic acids is 1. The number of aromatic nitrogens is 2.